The number of hydrogen-bond acceptors (Lipinski definition) is 7. The Balaban J connectivity index is 1.48. The van der Waals surface area contributed by atoms with E-state index in [0.29, 0.717) is 30.8 Å². The first-order valence-electron chi connectivity index (χ1n) is 15.9. The van der Waals surface area contributed by atoms with Crippen LogP contribution in [0.4, 0.5) is 19.0 Å². The third-order valence-electron chi connectivity index (χ3n) is 11.4. The SMILES string of the molecule is BC1(B)OC(B)(B)C(B)(B)N(c2cc(C)c3nc(CN4CC5(C4)CS(=O)(=O)C5)c(Cc4cccc(C(F)(F)F)c4C)n3n2)C1(B)B. The zero-order valence-corrected chi connectivity index (χ0v) is 29.4. The van der Waals surface area contributed by atoms with Gasteiger partial charge in [0.05, 0.1) is 28.5 Å². The number of aromatic nitrogens is 3. The summed E-state index contributed by atoms with van der Waals surface area (Å²) in [4.78, 5) is 9.54. The van der Waals surface area contributed by atoms with Crippen LogP contribution in [0.3, 0.4) is 0 Å². The average molecular weight is 644 g/mol. The van der Waals surface area contributed by atoms with Crippen LogP contribution in [0.15, 0.2) is 24.3 Å². The van der Waals surface area contributed by atoms with Crippen LogP contribution in [-0.4, -0.2) is 137 Å². The summed E-state index contributed by atoms with van der Waals surface area (Å²) < 4.78 is 74.1. The van der Waals surface area contributed by atoms with Crippen molar-refractivity contribution in [2.75, 3.05) is 29.5 Å². The molecular weight excluding hydrogens is 606 g/mol. The van der Waals surface area contributed by atoms with Crippen LogP contribution in [0.1, 0.15) is 33.6 Å². The Morgan fingerprint density at radius 2 is 1.54 bits per heavy atom. The lowest BCUT2D eigenvalue weighted by molar-refractivity contribution is -0.138. The summed E-state index contributed by atoms with van der Waals surface area (Å²) in [6, 6.07) is 6.36. The van der Waals surface area contributed by atoms with Crippen LogP contribution < -0.4 is 4.90 Å². The van der Waals surface area contributed by atoms with Gasteiger partial charge in [-0.25, -0.2) is 17.9 Å². The van der Waals surface area contributed by atoms with Gasteiger partial charge in [-0.05, 0) is 53.3 Å². The predicted octanol–water partition coefficient (Wildman–Crippen LogP) is -5.30. The number of sulfone groups is 1. The fourth-order valence-electron chi connectivity index (χ4n) is 8.01. The molecule has 3 saturated heterocycles. The second kappa shape index (κ2) is 10.2. The lowest BCUT2D eigenvalue weighted by Gasteiger charge is -2.69. The Morgan fingerprint density at radius 3 is 2.09 bits per heavy atom. The smallest absolute Gasteiger partial charge is 0.402 e. The number of aryl methyl sites for hydroxylation is 1. The second-order valence-electron chi connectivity index (χ2n) is 15.9. The number of rotatable bonds is 5. The van der Waals surface area contributed by atoms with E-state index in [2.05, 4.69) is 72.6 Å². The van der Waals surface area contributed by atoms with E-state index in [1.54, 1.807) is 6.07 Å². The quantitative estimate of drug-likeness (QED) is 0.257. The van der Waals surface area contributed by atoms with Crippen molar-refractivity contribution in [3.05, 3.63) is 57.9 Å². The molecule has 3 aromatic rings. The van der Waals surface area contributed by atoms with Gasteiger partial charge in [-0.2, -0.15) is 13.2 Å². The van der Waals surface area contributed by atoms with Crippen molar-refractivity contribution in [1.82, 2.24) is 19.5 Å². The lowest BCUT2D eigenvalue weighted by atomic mass is 9.30. The van der Waals surface area contributed by atoms with E-state index in [9.17, 15) is 21.6 Å². The van der Waals surface area contributed by atoms with Crippen LogP contribution in [0.2, 0.25) is 0 Å². The van der Waals surface area contributed by atoms with E-state index in [1.807, 2.05) is 17.5 Å². The number of ether oxygens (including phenoxy) is 1. The van der Waals surface area contributed by atoms with E-state index in [4.69, 9.17) is 14.8 Å². The second-order valence-corrected chi connectivity index (χ2v) is 18.0. The van der Waals surface area contributed by atoms with Crippen molar-refractivity contribution in [2.45, 2.75) is 54.5 Å². The number of benzene rings is 1. The van der Waals surface area contributed by atoms with E-state index in [1.165, 1.54) is 13.0 Å². The first-order valence-corrected chi connectivity index (χ1v) is 17.7. The van der Waals surface area contributed by atoms with Crippen molar-refractivity contribution >= 4 is 84.1 Å². The fourth-order valence-corrected chi connectivity index (χ4v) is 10.2. The molecule has 0 amide bonds. The molecule has 2 aromatic heterocycles. The normalized spacial score (nSPS) is 24.0. The van der Waals surface area contributed by atoms with Crippen molar-refractivity contribution in [1.29, 1.82) is 0 Å². The average Bonchev–Trinajstić information content (AvgIpc) is 3.18. The number of alkyl halides is 3. The highest BCUT2D eigenvalue weighted by molar-refractivity contribution is 7.92. The van der Waals surface area contributed by atoms with E-state index >= 15 is 0 Å². The maximum Gasteiger partial charge on any atom is 0.416 e. The Labute approximate surface area is 276 Å². The molecule has 1 aromatic carbocycles. The van der Waals surface area contributed by atoms with Gasteiger partial charge >= 0.3 is 6.18 Å². The molecule has 3 aliphatic heterocycles. The van der Waals surface area contributed by atoms with Gasteiger partial charge in [0.1, 0.15) is 68.6 Å². The summed E-state index contributed by atoms with van der Waals surface area (Å²) in [6.45, 7) is 5.28. The number of anilines is 1. The van der Waals surface area contributed by atoms with Gasteiger partial charge in [-0.15, -0.1) is 5.10 Å². The molecule has 3 aliphatic rings. The van der Waals surface area contributed by atoms with Crippen LogP contribution in [0, 0.1) is 19.3 Å². The first-order chi connectivity index (χ1) is 20.9. The number of fused-ring (bicyclic) bond motifs is 1. The highest BCUT2D eigenvalue weighted by Gasteiger charge is 2.59. The summed E-state index contributed by atoms with van der Waals surface area (Å²) in [7, 11) is 14.0. The van der Waals surface area contributed by atoms with Crippen molar-refractivity contribution in [3.63, 3.8) is 0 Å². The Bertz CT molecular complexity index is 1820. The molecule has 236 valence electrons. The summed E-state index contributed by atoms with van der Waals surface area (Å²) in [5, 5.41) is 3.16. The molecule has 46 heavy (non-hydrogen) atoms. The van der Waals surface area contributed by atoms with Gasteiger partial charge in [0.25, 0.3) is 0 Å². The molecule has 0 N–H and O–H groups in total. The molecule has 6 rings (SSSR count). The molecule has 0 aliphatic carbocycles. The minimum Gasteiger partial charge on any atom is -0.402 e. The summed E-state index contributed by atoms with van der Waals surface area (Å²) in [6.07, 6.45) is -4.25. The number of morpholine rings is 1. The largest absolute Gasteiger partial charge is 0.416 e. The minimum absolute atomic E-state index is 0.185. The van der Waals surface area contributed by atoms with Crippen LogP contribution in [-0.2, 0) is 33.7 Å². The highest BCUT2D eigenvalue weighted by atomic mass is 32.2. The van der Waals surface area contributed by atoms with Gasteiger partial charge in [0.15, 0.2) is 15.5 Å². The molecule has 0 saturated carbocycles. The van der Waals surface area contributed by atoms with E-state index in [-0.39, 0.29) is 28.9 Å². The lowest BCUT2D eigenvalue weighted by Crippen LogP contribution is -2.86. The molecule has 3 fully saturated rings. The molecule has 0 atom stereocenters. The topological polar surface area (TPSA) is 80.0 Å². The van der Waals surface area contributed by atoms with Gasteiger partial charge in [0.2, 0.25) is 0 Å². The maximum atomic E-state index is 13.9. The molecular formula is C26H38B8F3N5O3S. The molecule has 0 bridgehead atoms. The zero-order chi connectivity index (χ0) is 34.0. The summed E-state index contributed by atoms with van der Waals surface area (Å²) in [5.41, 5.74) is 2.92. The Morgan fingerprint density at radius 1 is 0.957 bits per heavy atom. The number of halogens is 3. The van der Waals surface area contributed by atoms with E-state index in [0.717, 1.165) is 28.8 Å². The Hall–Kier alpha value is -2.18. The number of likely N-dealkylation sites (tertiary alicyclic amines) is 1. The summed E-state index contributed by atoms with van der Waals surface area (Å²) >= 11 is 0. The van der Waals surface area contributed by atoms with Crippen LogP contribution in [0.5, 0.6) is 0 Å². The molecule has 20 heteroatoms. The van der Waals surface area contributed by atoms with Gasteiger partial charge in [-0.1, -0.05) is 12.1 Å². The van der Waals surface area contributed by atoms with Crippen molar-refractivity contribution < 1.29 is 26.3 Å². The fraction of sp³-hybridized carbons (Fsp3) is 0.538. The van der Waals surface area contributed by atoms with Crippen molar-refractivity contribution in [2.24, 2.45) is 5.41 Å². The zero-order valence-electron chi connectivity index (χ0n) is 28.6. The molecule has 0 radical (unpaired) electrons. The van der Waals surface area contributed by atoms with Crippen molar-refractivity contribution in [3.8, 4) is 0 Å². The summed E-state index contributed by atoms with van der Waals surface area (Å²) in [5.74, 6) is 1.15. The monoisotopic (exact) mass is 645 g/mol. The Kier molecular flexibility index (Phi) is 7.45. The number of imidazole rings is 1. The molecule has 1 spiro atoms. The maximum absolute atomic E-state index is 13.9. The predicted molar refractivity (Wildman–Crippen MR) is 196 cm³/mol. The first kappa shape index (κ1) is 33.7. The molecule has 8 nitrogen and oxygen atoms in total. The molecule has 5 heterocycles. The van der Waals surface area contributed by atoms with Gasteiger partial charge < -0.3 is 9.64 Å². The van der Waals surface area contributed by atoms with Crippen LogP contribution in [0.25, 0.3) is 5.65 Å². The standard InChI is InChI=1S/C26H38B8F3N5O3S/c1-13-6-19(42-23(27,28)25(31,32)45-26(33,34)24(42,29)30)39-41-18(7-15-4-3-5-16(14(15)2)22(35,36)37)17(38-20(13)41)8-40-9-21(10-40)11-46(43,44)12-21/h3-6H,7-12,27-34H2,1-2H3. The van der Waals surface area contributed by atoms with Crippen LogP contribution >= 0.6 is 0 Å². The van der Waals surface area contributed by atoms with Gasteiger partial charge in [0, 0.05) is 42.3 Å². The number of nitrogens with zero attached hydrogens (tertiary/aromatic N) is 5. The molecule has 0 unspecified atom stereocenters. The van der Waals surface area contributed by atoms with E-state index < -0.39 is 43.1 Å². The number of hydrogen-bond donors (Lipinski definition) is 0. The third kappa shape index (κ3) is 5.19. The minimum atomic E-state index is -4.47. The van der Waals surface area contributed by atoms with Gasteiger partial charge in [-0.3, -0.25) is 4.90 Å². The highest BCUT2D eigenvalue weighted by Crippen LogP contribution is 2.44. The third-order valence-corrected chi connectivity index (χ3v) is 13.5.